The van der Waals surface area contributed by atoms with Crippen LogP contribution in [0.2, 0.25) is 0 Å². The topological polar surface area (TPSA) is 97.6 Å². The largest absolute Gasteiger partial charge is 0.419 e. The fourth-order valence-electron chi connectivity index (χ4n) is 4.69. The molecule has 0 spiro atoms. The summed E-state index contributed by atoms with van der Waals surface area (Å²) in [5, 5.41) is 8.79. The number of halogens is 4. The molecule has 2 aliphatic heterocycles. The van der Waals surface area contributed by atoms with Crippen molar-refractivity contribution in [3.05, 3.63) is 88.5 Å². The van der Waals surface area contributed by atoms with Gasteiger partial charge in [-0.3, -0.25) is 24.2 Å². The lowest BCUT2D eigenvalue weighted by molar-refractivity contribution is -0.138. The molecule has 0 unspecified atom stereocenters. The second kappa shape index (κ2) is 9.20. The number of fused-ring (bicyclic) bond motifs is 1. The molecule has 0 aliphatic carbocycles. The minimum atomic E-state index is -4.91. The lowest BCUT2D eigenvalue weighted by atomic mass is 10.0. The molecule has 8 nitrogen and oxygen atoms in total. The highest BCUT2D eigenvalue weighted by Crippen LogP contribution is 2.39. The Morgan fingerprint density at radius 2 is 1.62 bits per heavy atom. The van der Waals surface area contributed by atoms with Crippen molar-refractivity contribution in [3.63, 3.8) is 0 Å². The van der Waals surface area contributed by atoms with Crippen molar-refractivity contribution in [3.8, 4) is 6.07 Å². The van der Waals surface area contributed by atoms with Crippen LogP contribution in [0.3, 0.4) is 0 Å². The van der Waals surface area contributed by atoms with Crippen LogP contribution in [0, 0.1) is 17.1 Å². The standard InChI is InChI=1S/C27H17F4N5O3S/c1-26(2)24(39)35(16-9-19(27(29,30)31)21(11-32)33-12-16)25(40)36(26)15-8-7-14(20(28)10-15)13-34-22(37)17-5-3-4-6-18(17)23(34)38/h3-10,12H,13H2,1-2H3. The summed E-state index contributed by atoms with van der Waals surface area (Å²) in [6.07, 6.45) is -3.98. The van der Waals surface area contributed by atoms with Gasteiger partial charge >= 0.3 is 6.18 Å². The first-order chi connectivity index (χ1) is 18.8. The number of aromatic nitrogens is 1. The number of pyridine rings is 1. The third-order valence-electron chi connectivity index (χ3n) is 6.71. The Bertz CT molecular complexity index is 1650. The van der Waals surface area contributed by atoms with Crippen LogP contribution in [-0.2, 0) is 17.5 Å². The molecule has 0 bridgehead atoms. The van der Waals surface area contributed by atoms with Crippen molar-refractivity contribution < 1.29 is 31.9 Å². The third-order valence-corrected chi connectivity index (χ3v) is 7.08. The number of anilines is 2. The van der Waals surface area contributed by atoms with Gasteiger partial charge < -0.3 is 4.90 Å². The van der Waals surface area contributed by atoms with Crippen LogP contribution in [0.25, 0.3) is 0 Å². The fraction of sp³-hybridized carbons (Fsp3) is 0.185. The Morgan fingerprint density at radius 1 is 1.00 bits per heavy atom. The predicted molar refractivity (Wildman–Crippen MR) is 138 cm³/mol. The van der Waals surface area contributed by atoms with Crippen LogP contribution < -0.4 is 9.80 Å². The number of hydrogen-bond acceptors (Lipinski definition) is 6. The van der Waals surface area contributed by atoms with Crippen molar-refractivity contribution in [2.24, 2.45) is 0 Å². The van der Waals surface area contributed by atoms with E-state index in [9.17, 15) is 27.6 Å². The molecule has 1 saturated heterocycles. The molecule has 3 heterocycles. The summed E-state index contributed by atoms with van der Waals surface area (Å²) >= 11 is 5.45. The van der Waals surface area contributed by atoms with Gasteiger partial charge in [0.1, 0.15) is 17.4 Å². The lowest BCUT2D eigenvalue weighted by Crippen LogP contribution is -2.44. The monoisotopic (exact) mass is 567 g/mol. The highest BCUT2D eigenvalue weighted by atomic mass is 32.1. The first-order valence-electron chi connectivity index (χ1n) is 11.7. The molecule has 5 rings (SSSR count). The van der Waals surface area contributed by atoms with Gasteiger partial charge in [-0.05, 0) is 56.4 Å². The summed E-state index contributed by atoms with van der Waals surface area (Å²) in [6, 6.07) is 12.1. The van der Waals surface area contributed by atoms with E-state index in [0.717, 1.165) is 22.1 Å². The quantitative estimate of drug-likeness (QED) is 0.253. The summed E-state index contributed by atoms with van der Waals surface area (Å²) < 4.78 is 55.9. The number of nitriles is 1. The van der Waals surface area contributed by atoms with E-state index in [-0.39, 0.29) is 39.7 Å². The minimum Gasteiger partial charge on any atom is -0.303 e. The molecule has 13 heteroatoms. The van der Waals surface area contributed by atoms with Crippen LogP contribution in [0.1, 0.15) is 51.4 Å². The average Bonchev–Trinajstić information content (AvgIpc) is 3.24. The molecule has 3 amide bonds. The van der Waals surface area contributed by atoms with Gasteiger partial charge in [-0.25, -0.2) is 9.37 Å². The smallest absolute Gasteiger partial charge is 0.303 e. The number of carbonyl (C=O) groups excluding carboxylic acids is 3. The molecule has 0 N–H and O–H groups in total. The molecule has 0 radical (unpaired) electrons. The fourth-order valence-corrected chi connectivity index (χ4v) is 5.22. The molecule has 0 atom stereocenters. The SMILES string of the molecule is CC1(C)C(=O)N(c2cnc(C#N)c(C(F)(F)F)c2)C(=S)N1c1ccc(CN2C(=O)c3ccccc3C2=O)c(F)c1. The summed E-state index contributed by atoms with van der Waals surface area (Å²) in [5.74, 6) is -2.60. The Balaban J connectivity index is 1.46. The zero-order valence-electron chi connectivity index (χ0n) is 20.8. The van der Waals surface area contributed by atoms with Gasteiger partial charge in [-0.2, -0.15) is 18.4 Å². The zero-order valence-corrected chi connectivity index (χ0v) is 21.6. The van der Waals surface area contributed by atoms with Gasteiger partial charge in [0.05, 0.1) is 35.1 Å². The van der Waals surface area contributed by atoms with Gasteiger partial charge in [0.25, 0.3) is 17.7 Å². The Hall–Kier alpha value is -4.70. The average molecular weight is 568 g/mol. The predicted octanol–water partition coefficient (Wildman–Crippen LogP) is 4.82. The highest BCUT2D eigenvalue weighted by molar-refractivity contribution is 7.81. The van der Waals surface area contributed by atoms with Crippen LogP contribution in [0.5, 0.6) is 0 Å². The number of amides is 3. The molecule has 0 saturated carbocycles. The number of thiocarbonyl (C=S) groups is 1. The highest BCUT2D eigenvalue weighted by Gasteiger charge is 2.51. The third kappa shape index (κ3) is 4.08. The van der Waals surface area contributed by atoms with E-state index in [1.807, 2.05) is 0 Å². The number of hydrogen-bond donors (Lipinski definition) is 0. The Kier molecular flexibility index (Phi) is 6.18. The van der Waals surface area contributed by atoms with Crippen molar-refractivity contribution in [2.45, 2.75) is 32.1 Å². The molecule has 3 aromatic rings. The van der Waals surface area contributed by atoms with Crippen LogP contribution in [0.15, 0.2) is 54.7 Å². The van der Waals surface area contributed by atoms with Crippen molar-refractivity contribution in [2.75, 3.05) is 9.80 Å². The molecule has 40 heavy (non-hydrogen) atoms. The van der Waals surface area contributed by atoms with Gasteiger partial charge in [-0.15, -0.1) is 0 Å². The summed E-state index contributed by atoms with van der Waals surface area (Å²) in [5.41, 5.74) is -3.36. The second-order valence-corrected chi connectivity index (χ2v) is 9.90. The maximum absolute atomic E-state index is 15.3. The van der Waals surface area contributed by atoms with Crippen LogP contribution >= 0.6 is 12.2 Å². The van der Waals surface area contributed by atoms with E-state index in [2.05, 4.69) is 4.98 Å². The second-order valence-electron chi connectivity index (χ2n) is 9.53. The number of imide groups is 1. The summed E-state index contributed by atoms with van der Waals surface area (Å²) in [6.45, 7) is 2.59. The number of benzene rings is 2. The van der Waals surface area contributed by atoms with E-state index >= 15 is 4.39 Å². The molecule has 2 aromatic carbocycles. The molecule has 1 fully saturated rings. The van der Waals surface area contributed by atoms with E-state index < -0.39 is 46.5 Å². The maximum atomic E-state index is 15.3. The number of carbonyl (C=O) groups is 3. The molecule has 2 aliphatic rings. The van der Waals surface area contributed by atoms with Crippen molar-refractivity contribution in [1.29, 1.82) is 5.26 Å². The van der Waals surface area contributed by atoms with E-state index in [1.54, 1.807) is 12.1 Å². The molecule has 202 valence electrons. The molecular weight excluding hydrogens is 550 g/mol. The van der Waals surface area contributed by atoms with Gasteiger partial charge in [-0.1, -0.05) is 18.2 Å². The normalized spacial score (nSPS) is 16.6. The lowest BCUT2D eigenvalue weighted by Gasteiger charge is -2.29. The van der Waals surface area contributed by atoms with E-state index in [4.69, 9.17) is 17.5 Å². The van der Waals surface area contributed by atoms with Gasteiger partial charge in [0, 0.05) is 11.3 Å². The van der Waals surface area contributed by atoms with Crippen molar-refractivity contribution in [1.82, 2.24) is 9.88 Å². The zero-order chi connectivity index (χ0) is 29.1. The Morgan fingerprint density at radius 3 is 2.17 bits per heavy atom. The summed E-state index contributed by atoms with van der Waals surface area (Å²) in [4.78, 5) is 45.3. The van der Waals surface area contributed by atoms with Crippen LogP contribution in [0.4, 0.5) is 28.9 Å². The van der Waals surface area contributed by atoms with Crippen molar-refractivity contribution >= 4 is 46.4 Å². The van der Waals surface area contributed by atoms with Crippen LogP contribution in [-0.4, -0.2) is 38.3 Å². The van der Waals surface area contributed by atoms with Gasteiger partial charge in [0.15, 0.2) is 10.8 Å². The Labute approximate surface area is 230 Å². The minimum absolute atomic E-state index is 0.0236. The maximum Gasteiger partial charge on any atom is 0.419 e. The first-order valence-corrected chi connectivity index (χ1v) is 12.1. The molecular formula is C27H17F4N5O3S. The summed E-state index contributed by atoms with van der Waals surface area (Å²) in [7, 11) is 0. The van der Waals surface area contributed by atoms with E-state index in [1.165, 1.54) is 49.1 Å². The number of nitrogens with zero attached hydrogens (tertiary/aromatic N) is 5. The van der Waals surface area contributed by atoms with E-state index in [0.29, 0.717) is 6.07 Å². The number of alkyl halides is 3. The first kappa shape index (κ1) is 26.9. The number of rotatable bonds is 4. The van der Waals surface area contributed by atoms with Gasteiger partial charge in [0.2, 0.25) is 0 Å². The molecule has 1 aromatic heterocycles.